The molecule has 2 unspecified atom stereocenters. The second kappa shape index (κ2) is 5.75. The first-order valence-corrected chi connectivity index (χ1v) is 8.02. The van der Waals surface area contributed by atoms with Gasteiger partial charge in [-0.25, -0.2) is 9.67 Å². The molecule has 0 aromatic carbocycles. The Balaban J connectivity index is 1.71. The van der Waals surface area contributed by atoms with Crippen molar-refractivity contribution in [2.24, 2.45) is 11.8 Å². The van der Waals surface area contributed by atoms with Gasteiger partial charge < -0.3 is 10.6 Å². The van der Waals surface area contributed by atoms with E-state index in [2.05, 4.69) is 34.6 Å². The highest BCUT2D eigenvalue weighted by Crippen LogP contribution is 2.26. The number of hydrogen-bond acceptors (Lipinski definition) is 4. The zero-order valence-corrected chi connectivity index (χ0v) is 13.1. The van der Waals surface area contributed by atoms with Crippen molar-refractivity contribution >= 4 is 5.91 Å². The van der Waals surface area contributed by atoms with Crippen molar-refractivity contribution in [2.75, 3.05) is 13.1 Å². The van der Waals surface area contributed by atoms with Crippen molar-refractivity contribution in [1.29, 1.82) is 0 Å². The monoisotopic (exact) mass is 291 g/mol. The molecule has 0 spiro atoms. The van der Waals surface area contributed by atoms with Gasteiger partial charge in [-0.1, -0.05) is 20.8 Å². The standard InChI is InChI=1S/C15H25N5O/c1-9(2)13-18-14-12(5-4-6-20(14)19-13)17-15(21)10(3)11-7-16-8-11/h9-12,16H,4-8H2,1-3H3,(H,17,21). The maximum absolute atomic E-state index is 12.4. The van der Waals surface area contributed by atoms with E-state index in [1.54, 1.807) is 0 Å². The number of nitrogens with one attached hydrogen (secondary N) is 2. The molecule has 1 aromatic rings. The number of rotatable bonds is 4. The van der Waals surface area contributed by atoms with E-state index in [1.807, 2.05) is 11.6 Å². The smallest absolute Gasteiger partial charge is 0.223 e. The molecule has 1 saturated heterocycles. The molecular formula is C15H25N5O. The summed E-state index contributed by atoms with van der Waals surface area (Å²) >= 11 is 0. The Kier molecular flexibility index (Phi) is 3.97. The summed E-state index contributed by atoms with van der Waals surface area (Å²) in [6, 6.07) is 0.0155. The normalized spacial score (nSPS) is 23.5. The van der Waals surface area contributed by atoms with E-state index < -0.39 is 0 Å². The van der Waals surface area contributed by atoms with E-state index in [0.29, 0.717) is 11.8 Å². The summed E-state index contributed by atoms with van der Waals surface area (Å²) in [6.45, 7) is 9.03. The highest BCUT2D eigenvalue weighted by molar-refractivity contribution is 5.79. The van der Waals surface area contributed by atoms with Gasteiger partial charge in [0.15, 0.2) is 5.82 Å². The van der Waals surface area contributed by atoms with Crippen LogP contribution in [-0.4, -0.2) is 33.8 Å². The Labute approximate surface area is 125 Å². The number of amides is 1. The molecule has 6 heteroatoms. The van der Waals surface area contributed by atoms with Gasteiger partial charge in [0.2, 0.25) is 5.91 Å². The predicted molar refractivity (Wildman–Crippen MR) is 79.8 cm³/mol. The molecule has 1 fully saturated rings. The Morgan fingerprint density at radius 1 is 1.38 bits per heavy atom. The van der Waals surface area contributed by atoms with E-state index in [9.17, 15) is 4.79 Å². The fourth-order valence-corrected chi connectivity index (χ4v) is 2.93. The number of fused-ring (bicyclic) bond motifs is 1. The van der Waals surface area contributed by atoms with Gasteiger partial charge in [0.05, 0.1) is 6.04 Å². The Hall–Kier alpha value is -1.43. The topological polar surface area (TPSA) is 71.8 Å². The van der Waals surface area contributed by atoms with Crippen molar-refractivity contribution in [3.63, 3.8) is 0 Å². The summed E-state index contributed by atoms with van der Waals surface area (Å²) < 4.78 is 1.97. The number of nitrogens with zero attached hydrogens (tertiary/aromatic N) is 3. The van der Waals surface area contributed by atoms with Crippen molar-refractivity contribution in [1.82, 2.24) is 25.4 Å². The van der Waals surface area contributed by atoms with Gasteiger partial charge in [-0.05, 0) is 31.8 Å². The molecule has 0 bridgehead atoms. The number of carbonyl (C=O) groups excluding carboxylic acids is 1. The van der Waals surface area contributed by atoms with Crippen LogP contribution in [0, 0.1) is 11.8 Å². The Morgan fingerprint density at radius 2 is 2.14 bits per heavy atom. The van der Waals surface area contributed by atoms with Crippen LogP contribution >= 0.6 is 0 Å². The van der Waals surface area contributed by atoms with Crippen LogP contribution in [0.25, 0.3) is 0 Å². The zero-order chi connectivity index (χ0) is 15.0. The largest absolute Gasteiger partial charge is 0.346 e. The first-order chi connectivity index (χ1) is 10.1. The molecule has 116 valence electrons. The predicted octanol–water partition coefficient (Wildman–Crippen LogP) is 1.21. The third-order valence-corrected chi connectivity index (χ3v) is 4.66. The van der Waals surface area contributed by atoms with E-state index in [4.69, 9.17) is 0 Å². The van der Waals surface area contributed by atoms with E-state index in [0.717, 1.165) is 44.1 Å². The van der Waals surface area contributed by atoms with Gasteiger partial charge in [-0.2, -0.15) is 5.10 Å². The highest BCUT2D eigenvalue weighted by Gasteiger charge is 2.32. The molecule has 0 radical (unpaired) electrons. The average molecular weight is 291 g/mol. The molecule has 3 heterocycles. The molecule has 2 aliphatic rings. The lowest BCUT2D eigenvalue weighted by Gasteiger charge is -2.33. The molecule has 1 aromatic heterocycles. The number of carbonyl (C=O) groups is 1. The van der Waals surface area contributed by atoms with Gasteiger partial charge >= 0.3 is 0 Å². The summed E-state index contributed by atoms with van der Waals surface area (Å²) in [5.41, 5.74) is 0. The van der Waals surface area contributed by atoms with Crippen LogP contribution in [0.15, 0.2) is 0 Å². The first kappa shape index (κ1) is 14.5. The molecule has 1 amide bonds. The number of hydrogen-bond donors (Lipinski definition) is 2. The van der Waals surface area contributed by atoms with Crippen molar-refractivity contribution in [2.45, 2.75) is 52.1 Å². The van der Waals surface area contributed by atoms with Crippen LogP contribution in [0.5, 0.6) is 0 Å². The maximum atomic E-state index is 12.4. The van der Waals surface area contributed by atoms with Gasteiger partial charge in [0, 0.05) is 18.4 Å². The molecule has 0 saturated carbocycles. The molecular weight excluding hydrogens is 266 g/mol. The second-order valence-corrected chi connectivity index (χ2v) is 6.62. The lowest BCUT2D eigenvalue weighted by atomic mass is 9.88. The van der Waals surface area contributed by atoms with Crippen LogP contribution in [0.4, 0.5) is 0 Å². The molecule has 2 N–H and O–H groups in total. The fraction of sp³-hybridized carbons (Fsp3) is 0.800. The third kappa shape index (κ3) is 2.81. The zero-order valence-electron chi connectivity index (χ0n) is 13.1. The highest BCUT2D eigenvalue weighted by atomic mass is 16.2. The molecule has 21 heavy (non-hydrogen) atoms. The molecule has 2 aliphatic heterocycles. The summed E-state index contributed by atoms with van der Waals surface area (Å²) in [6.07, 6.45) is 2.00. The summed E-state index contributed by atoms with van der Waals surface area (Å²) in [5, 5.41) is 11.0. The van der Waals surface area contributed by atoms with Gasteiger partial charge in [0.1, 0.15) is 5.82 Å². The SMILES string of the molecule is CC(C)c1nc2n(n1)CCCC2NC(=O)C(C)C1CNC1. The van der Waals surface area contributed by atoms with Crippen LogP contribution in [0.1, 0.15) is 57.2 Å². The van der Waals surface area contributed by atoms with E-state index in [-0.39, 0.29) is 17.9 Å². The summed E-state index contributed by atoms with van der Waals surface area (Å²) in [5.74, 6) is 2.81. The van der Waals surface area contributed by atoms with E-state index in [1.165, 1.54) is 0 Å². The minimum atomic E-state index is 0.0155. The van der Waals surface area contributed by atoms with Crippen LogP contribution in [-0.2, 0) is 11.3 Å². The minimum absolute atomic E-state index is 0.0155. The second-order valence-electron chi connectivity index (χ2n) is 6.62. The molecule has 0 aliphatic carbocycles. The van der Waals surface area contributed by atoms with E-state index >= 15 is 0 Å². The van der Waals surface area contributed by atoms with Crippen LogP contribution < -0.4 is 10.6 Å². The quantitative estimate of drug-likeness (QED) is 0.874. The van der Waals surface area contributed by atoms with Crippen LogP contribution in [0.2, 0.25) is 0 Å². The first-order valence-electron chi connectivity index (χ1n) is 8.02. The lowest BCUT2D eigenvalue weighted by Crippen LogP contribution is -2.50. The summed E-state index contributed by atoms with van der Waals surface area (Å²) in [7, 11) is 0. The lowest BCUT2D eigenvalue weighted by molar-refractivity contribution is -0.127. The third-order valence-electron chi connectivity index (χ3n) is 4.66. The van der Waals surface area contributed by atoms with Gasteiger partial charge in [-0.3, -0.25) is 4.79 Å². The number of aryl methyl sites for hydroxylation is 1. The minimum Gasteiger partial charge on any atom is -0.346 e. The Morgan fingerprint density at radius 3 is 2.76 bits per heavy atom. The Bertz CT molecular complexity index is 520. The van der Waals surface area contributed by atoms with Crippen molar-refractivity contribution in [3.8, 4) is 0 Å². The average Bonchev–Trinajstić information content (AvgIpc) is 2.81. The molecule has 6 nitrogen and oxygen atoms in total. The number of aromatic nitrogens is 3. The van der Waals surface area contributed by atoms with Gasteiger partial charge in [0.25, 0.3) is 0 Å². The fourth-order valence-electron chi connectivity index (χ4n) is 2.93. The van der Waals surface area contributed by atoms with Crippen molar-refractivity contribution < 1.29 is 4.79 Å². The van der Waals surface area contributed by atoms with Crippen molar-refractivity contribution in [3.05, 3.63) is 11.6 Å². The maximum Gasteiger partial charge on any atom is 0.223 e. The van der Waals surface area contributed by atoms with Crippen LogP contribution in [0.3, 0.4) is 0 Å². The summed E-state index contributed by atoms with van der Waals surface area (Å²) in [4.78, 5) is 17.0. The molecule has 2 atom stereocenters. The van der Waals surface area contributed by atoms with Gasteiger partial charge in [-0.15, -0.1) is 0 Å². The molecule has 3 rings (SSSR count).